The fourth-order valence-electron chi connectivity index (χ4n) is 2.18. The summed E-state index contributed by atoms with van der Waals surface area (Å²) < 4.78 is 0. The summed E-state index contributed by atoms with van der Waals surface area (Å²) in [4.78, 5) is 0. The lowest BCUT2D eigenvalue weighted by molar-refractivity contribution is 1.63. The zero-order chi connectivity index (χ0) is 12.5. The molecule has 2 heteroatoms. The molecule has 0 saturated heterocycles. The molecule has 0 aliphatic carbocycles. The molecule has 0 radical (unpaired) electrons. The molecule has 3 rings (SSSR count). The fraction of sp³-hybridized carbons (Fsp3) is 0. The van der Waals surface area contributed by atoms with Crippen molar-refractivity contribution in [2.75, 3.05) is 11.5 Å². The number of nitrogens with two attached hydrogens (primary N) is 2. The number of rotatable bonds is 1. The second kappa shape index (κ2) is 4.08. The number of anilines is 2. The lowest BCUT2D eigenvalue weighted by Gasteiger charge is -2.07. The van der Waals surface area contributed by atoms with Gasteiger partial charge in [-0.2, -0.15) is 0 Å². The molecule has 0 atom stereocenters. The average Bonchev–Trinajstić information content (AvgIpc) is 2.39. The minimum Gasteiger partial charge on any atom is -0.399 e. The van der Waals surface area contributed by atoms with E-state index in [1.807, 2.05) is 48.5 Å². The lowest BCUT2D eigenvalue weighted by atomic mass is 10.00. The van der Waals surface area contributed by atoms with Gasteiger partial charge in [-0.3, -0.25) is 0 Å². The van der Waals surface area contributed by atoms with Crippen molar-refractivity contribution < 1.29 is 0 Å². The highest BCUT2D eigenvalue weighted by molar-refractivity contribution is 5.96. The molecule has 18 heavy (non-hydrogen) atoms. The van der Waals surface area contributed by atoms with E-state index >= 15 is 0 Å². The minimum absolute atomic E-state index is 0.771. The first-order valence-electron chi connectivity index (χ1n) is 5.88. The summed E-state index contributed by atoms with van der Waals surface area (Å²) in [6.07, 6.45) is 0. The van der Waals surface area contributed by atoms with Crippen molar-refractivity contribution in [3.63, 3.8) is 0 Å². The van der Waals surface area contributed by atoms with Gasteiger partial charge in [0.05, 0.1) is 0 Å². The molecule has 0 spiro atoms. The molecule has 0 aliphatic heterocycles. The molecule has 2 nitrogen and oxygen atoms in total. The number of hydrogen-bond donors (Lipinski definition) is 2. The van der Waals surface area contributed by atoms with Gasteiger partial charge in [-0.1, -0.05) is 36.4 Å². The third-order valence-electron chi connectivity index (χ3n) is 3.14. The van der Waals surface area contributed by atoms with Gasteiger partial charge in [0.25, 0.3) is 0 Å². The molecule has 0 aromatic heterocycles. The zero-order valence-electron chi connectivity index (χ0n) is 9.93. The van der Waals surface area contributed by atoms with Crippen LogP contribution in [-0.4, -0.2) is 0 Å². The molecule has 0 fully saturated rings. The minimum atomic E-state index is 0.771. The first-order valence-corrected chi connectivity index (χ1v) is 5.88. The molecule has 3 aromatic rings. The van der Waals surface area contributed by atoms with Crippen LogP contribution in [0.15, 0.2) is 60.7 Å². The largest absolute Gasteiger partial charge is 0.399 e. The van der Waals surface area contributed by atoms with E-state index in [0.29, 0.717) is 0 Å². The van der Waals surface area contributed by atoms with Crippen molar-refractivity contribution in [2.24, 2.45) is 0 Å². The predicted molar refractivity (Wildman–Crippen MR) is 78.2 cm³/mol. The van der Waals surface area contributed by atoms with Gasteiger partial charge in [0, 0.05) is 16.8 Å². The Hall–Kier alpha value is -2.48. The van der Waals surface area contributed by atoms with Crippen LogP contribution in [0.3, 0.4) is 0 Å². The molecule has 0 aliphatic rings. The molecule has 0 saturated carbocycles. The number of benzene rings is 3. The SMILES string of the molecule is Nc1ccc(-c2cc(N)c3ccccc3c2)cc1. The third-order valence-corrected chi connectivity index (χ3v) is 3.14. The Kier molecular flexibility index (Phi) is 2.41. The zero-order valence-corrected chi connectivity index (χ0v) is 9.93. The van der Waals surface area contributed by atoms with Gasteiger partial charge in [-0.25, -0.2) is 0 Å². The highest BCUT2D eigenvalue weighted by Crippen LogP contribution is 2.29. The quantitative estimate of drug-likeness (QED) is 0.631. The second-order valence-corrected chi connectivity index (χ2v) is 4.41. The standard InChI is InChI=1S/C16H14N2/c17-14-7-5-11(6-8-14)13-9-12-3-1-2-4-15(12)16(18)10-13/h1-10H,17-18H2. The van der Waals surface area contributed by atoms with Gasteiger partial charge < -0.3 is 11.5 Å². The Bertz CT molecular complexity index is 700. The fourth-order valence-corrected chi connectivity index (χ4v) is 2.18. The van der Waals surface area contributed by atoms with E-state index < -0.39 is 0 Å². The van der Waals surface area contributed by atoms with E-state index in [4.69, 9.17) is 11.5 Å². The maximum Gasteiger partial charge on any atom is 0.0399 e. The molecule has 0 unspecified atom stereocenters. The Labute approximate surface area is 106 Å². The summed E-state index contributed by atoms with van der Waals surface area (Å²) in [5.74, 6) is 0. The van der Waals surface area contributed by atoms with E-state index in [1.165, 1.54) is 0 Å². The van der Waals surface area contributed by atoms with Gasteiger partial charge in [0.2, 0.25) is 0 Å². The van der Waals surface area contributed by atoms with Crippen LogP contribution in [0.1, 0.15) is 0 Å². The first-order chi connectivity index (χ1) is 8.74. The molecular formula is C16H14N2. The van der Waals surface area contributed by atoms with Gasteiger partial charge >= 0.3 is 0 Å². The van der Waals surface area contributed by atoms with Crippen LogP contribution in [0.4, 0.5) is 11.4 Å². The Morgan fingerprint density at radius 2 is 1.39 bits per heavy atom. The van der Waals surface area contributed by atoms with E-state index in [-0.39, 0.29) is 0 Å². The van der Waals surface area contributed by atoms with E-state index in [0.717, 1.165) is 33.3 Å². The van der Waals surface area contributed by atoms with Crippen LogP contribution in [0.2, 0.25) is 0 Å². The van der Waals surface area contributed by atoms with Crippen molar-refractivity contribution >= 4 is 22.1 Å². The van der Waals surface area contributed by atoms with Crippen molar-refractivity contribution in [3.8, 4) is 11.1 Å². The van der Waals surface area contributed by atoms with Crippen LogP contribution in [0, 0.1) is 0 Å². The van der Waals surface area contributed by atoms with Crippen molar-refractivity contribution in [1.29, 1.82) is 0 Å². The molecule has 0 heterocycles. The van der Waals surface area contributed by atoms with Crippen molar-refractivity contribution in [2.45, 2.75) is 0 Å². The molecular weight excluding hydrogens is 220 g/mol. The van der Waals surface area contributed by atoms with Gasteiger partial charge in [0.15, 0.2) is 0 Å². The summed E-state index contributed by atoms with van der Waals surface area (Å²) in [5, 5.41) is 2.25. The van der Waals surface area contributed by atoms with E-state index in [2.05, 4.69) is 12.1 Å². The number of hydrogen-bond acceptors (Lipinski definition) is 2. The normalized spacial score (nSPS) is 10.7. The highest BCUT2D eigenvalue weighted by Gasteiger charge is 2.03. The lowest BCUT2D eigenvalue weighted by Crippen LogP contribution is -1.89. The predicted octanol–water partition coefficient (Wildman–Crippen LogP) is 3.67. The Morgan fingerprint density at radius 3 is 2.17 bits per heavy atom. The molecule has 0 amide bonds. The van der Waals surface area contributed by atoms with Crippen molar-refractivity contribution in [3.05, 3.63) is 60.7 Å². The second-order valence-electron chi connectivity index (χ2n) is 4.41. The number of fused-ring (bicyclic) bond motifs is 1. The van der Waals surface area contributed by atoms with Crippen LogP contribution >= 0.6 is 0 Å². The molecule has 88 valence electrons. The first kappa shape index (κ1) is 10.7. The summed E-state index contributed by atoms with van der Waals surface area (Å²) in [5.41, 5.74) is 15.6. The molecule has 0 bridgehead atoms. The van der Waals surface area contributed by atoms with Crippen LogP contribution in [0.5, 0.6) is 0 Å². The summed E-state index contributed by atoms with van der Waals surface area (Å²) in [7, 11) is 0. The van der Waals surface area contributed by atoms with Crippen LogP contribution in [0.25, 0.3) is 21.9 Å². The smallest absolute Gasteiger partial charge is 0.0399 e. The topological polar surface area (TPSA) is 52.0 Å². The summed E-state index contributed by atoms with van der Waals surface area (Å²) in [6.45, 7) is 0. The number of nitrogen functional groups attached to an aromatic ring is 2. The van der Waals surface area contributed by atoms with Crippen molar-refractivity contribution in [1.82, 2.24) is 0 Å². The molecule has 3 aromatic carbocycles. The van der Waals surface area contributed by atoms with E-state index in [9.17, 15) is 0 Å². The van der Waals surface area contributed by atoms with Gasteiger partial charge in [-0.05, 0) is 40.8 Å². The average molecular weight is 234 g/mol. The Balaban J connectivity index is 2.21. The highest BCUT2D eigenvalue weighted by atomic mass is 14.6. The summed E-state index contributed by atoms with van der Waals surface area (Å²) >= 11 is 0. The van der Waals surface area contributed by atoms with Gasteiger partial charge in [0.1, 0.15) is 0 Å². The van der Waals surface area contributed by atoms with E-state index in [1.54, 1.807) is 0 Å². The van der Waals surface area contributed by atoms with Gasteiger partial charge in [-0.15, -0.1) is 0 Å². The van der Waals surface area contributed by atoms with Crippen LogP contribution < -0.4 is 11.5 Å². The third kappa shape index (κ3) is 1.78. The Morgan fingerprint density at radius 1 is 0.667 bits per heavy atom. The maximum absolute atomic E-state index is 6.10. The summed E-state index contributed by atoms with van der Waals surface area (Å²) in [6, 6.07) is 20.1. The molecule has 4 N–H and O–H groups in total. The monoisotopic (exact) mass is 234 g/mol. The van der Waals surface area contributed by atoms with Crippen LogP contribution in [-0.2, 0) is 0 Å². The maximum atomic E-state index is 6.10.